The number of carbonyl (C=O) groups excluding carboxylic acids is 2. The summed E-state index contributed by atoms with van der Waals surface area (Å²) < 4.78 is 5.34. The lowest BCUT2D eigenvalue weighted by atomic mass is 10.1. The van der Waals surface area contributed by atoms with E-state index < -0.39 is 0 Å². The third-order valence-corrected chi connectivity index (χ3v) is 3.75. The maximum atomic E-state index is 11.5. The van der Waals surface area contributed by atoms with E-state index in [0.29, 0.717) is 25.6 Å². The fourth-order valence-electron chi connectivity index (χ4n) is 2.51. The van der Waals surface area contributed by atoms with E-state index in [-0.39, 0.29) is 42.5 Å². The third-order valence-electron chi connectivity index (χ3n) is 3.75. The number of ether oxygens (including phenoxy) is 1. The smallest absolute Gasteiger partial charge is 0.324 e. The third kappa shape index (κ3) is 6.36. The van der Waals surface area contributed by atoms with Gasteiger partial charge in [-0.15, -0.1) is 24.0 Å². The van der Waals surface area contributed by atoms with Crippen molar-refractivity contribution < 1.29 is 14.3 Å². The van der Waals surface area contributed by atoms with E-state index in [9.17, 15) is 9.59 Å². The minimum atomic E-state index is -0.343. The SMILES string of the molecule is CCNC(=NCCc1ccccc1OC)NCCN1C(=O)CNC1=O.I. The highest BCUT2D eigenvalue weighted by atomic mass is 127. The monoisotopic (exact) mass is 475 g/mol. The lowest BCUT2D eigenvalue weighted by molar-refractivity contribution is -0.124. The number of urea groups is 1. The molecule has 3 amide bonds. The van der Waals surface area contributed by atoms with Crippen LogP contribution in [0.4, 0.5) is 4.79 Å². The average molecular weight is 475 g/mol. The molecule has 0 radical (unpaired) electrons. The number of imide groups is 1. The van der Waals surface area contributed by atoms with Crippen molar-refractivity contribution in [3.63, 3.8) is 0 Å². The van der Waals surface area contributed by atoms with Crippen LogP contribution in [0.5, 0.6) is 5.75 Å². The first-order chi connectivity index (χ1) is 12.2. The Labute approximate surface area is 170 Å². The molecule has 144 valence electrons. The van der Waals surface area contributed by atoms with Gasteiger partial charge in [0, 0.05) is 26.2 Å². The van der Waals surface area contributed by atoms with E-state index in [1.807, 2.05) is 31.2 Å². The Morgan fingerprint density at radius 3 is 2.73 bits per heavy atom. The Hall–Kier alpha value is -2.04. The number of benzene rings is 1. The van der Waals surface area contributed by atoms with Gasteiger partial charge in [-0.3, -0.25) is 14.7 Å². The number of amides is 3. The predicted molar refractivity (Wildman–Crippen MR) is 111 cm³/mol. The van der Waals surface area contributed by atoms with E-state index in [4.69, 9.17) is 4.74 Å². The summed E-state index contributed by atoms with van der Waals surface area (Å²) in [6.07, 6.45) is 0.758. The van der Waals surface area contributed by atoms with Crippen LogP contribution >= 0.6 is 24.0 Å². The number of hydrogen-bond acceptors (Lipinski definition) is 4. The first-order valence-corrected chi connectivity index (χ1v) is 8.38. The number of nitrogens with zero attached hydrogens (tertiary/aromatic N) is 2. The Balaban J connectivity index is 0.00000338. The summed E-state index contributed by atoms with van der Waals surface area (Å²) >= 11 is 0. The molecule has 0 aliphatic carbocycles. The lowest BCUT2D eigenvalue weighted by Gasteiger charge is -2.15. The molecule has 1 fully saturated rings. The first kappa shape index (κ1) is 22.0. The van der Waals surface area contributed by atoms with Gasteiger partial charge < -0.3 is 20.7 Å². The summed E-state index contributed by atoms with van der Waals surface area (Å²) in [5.41, 5.74) is 1.10. The molecule has 1 saturated heterocycles. The first-order valence-electron chi connectivity index (χ1n) is 8.38. The molecule has 3 N–H and O–H groups in total. The zero-order chi connectivity index (χ0) is 18.1. The molecule has 0 unspecified atom stereocenters. The van der Waals surface area contributed by atoms with Crippen molar-refractivity contribution in [2.45, 2.75) is 13.3 Å². The molecule has 1 aliphatic rings. The van der Waals surface area contributed by atoms with Gasteiger partial charge >= 0.3 is 6.03 Å². The summed E-state index contributed by atoms with van der Waals surface area (Å²) in [5.74, 6) is 1.31. The molecule has 0 aromatic heterocycles. The molecule has 0 spiro atoms. The molecular formula is C17H26IN5O3. The van der Waals surface area contributed by atoms with Gasteiger partial charge in [-0.1, -0.05) is 18.2 Å². The van der Waals surface area contributed by atoms with Crippen molar-refractivity contribution >= 4 is 41.9 Å². The zero-order valence-electron chi connectivity index (χ0n) is 15.1. The Kier molecular flexibility index (Phi) is 9.78. The van der Waals surface area contributed by atoms with Gasteiger partial charge in [0.25, 0.3) is 0 Å². The lowest BCUT2D eigenvalue weighted by Crippen LogP contribution is -2.43. The average Bonchev–Trinajstić information content (AvgIpc) is 2.94. The van der Waals surface area contributed by atoms with Crippen LogP contribution in [0.3, 0.4) is 0 Å². The Morgan fingerprint density at radius 2 is 2.08 bits per heavy atom. The number of methoxy groups -OCH3 is 1. The highest BCUT2D eigenvalue weighted by Gasteiger charge is 2.27. The Morgan fingerprint density at radius 1 is 1.31 bits per heavy atom. The standard InChI is InChI=1S/C17H25N5O3.HI/c1-3-18-16(20-10-11-22-15(23)12-21-17(22)24)19-9-8-13-6-4-5-7-14(13)25-2;/h4-7H,3,8-12H2,1-2H3,(H,21,24)(H2,18,19,20);1H. The van der Waals surface area contributed by atoms with Crippen molar-refractivity contribution in [2.24, 2.45) is 4.99 Å². The molecule has 1 aliphatic heterocycles. The quantitative estimate of drug-likeness (QED) is 0.226. The zero-order valence-corrected chi connectivity index (χ0v) is 17.4. The van der Waals surface area contributed by atoms with Crippen LogP contribution in [-0.4, -0.2) is 62.6 Å². The van der Waals surface area contributed by atoms with Gasteiger partial charge in [0.05, 0.1) is 13.7 Å². The molecule has 0 atom stereocenters. The summed E-state index contributed by atoms with van der Waals surface area (Å²) in [4.78, 5) is 28.7. The van der Waals surface area contributed by atoms with E-state index in [1.165, 1.54) is 4.90 Å². The van der Waals surface area contributed by atoms with Gasteiger partial charge in [0.2, 0.25) is 5.91 Å². The molecule has 2 rings (SSSR count). The van der Waals surface area contributed by atoms with Crippen LogP contribution in [0.15, 0.2) is 29.3 Å². The van der Waals surface area contributed by atoms with E-state index >= 15 is 0 Å². The van der Waals surface area contributed by atoms with Crippen molar-refractivity contribution in [1.82, 2.24) is 20.9 Å². The molecule has 0 bridgehead atoms. The van der Waals surface area contributed by atoms with Crippen LogP contribution < -0.4 is 20.7 Å². The van der Waals surface area contributed by atoms with Crippen LogP contribution in [-0.2, 0) is 11.2 Å². The number of guanidine groups is 1. The molecule has 8 nitrogen and oxygen atoms in total. The molecule has 26 heavy (non-hydrogen) atoms. The van der Waals surface area contributed by atoms with E-state index in [1.54, 1.807) is 7.11 Å². The summed E-state index contributed by atoms with van der Waals surface area (Å²) in [5, 5.41) is 8.78. The highest BCUT2D eigenvalue weighted by Crippen LogP contribution is 2.17. The molecule has 1 heterocycles. The van der Waals surface area contributed by atoms with Crippen molar-refractivity contribution in [1.29, 1.82) is 0 Å². The number of hydrogen-bond donors (Lipinski definition) is 3. The van der Waals surface area contributed by atoms with Gasteiger partial charge in [0.1, 0.15) is 5.75 Å². The maximum Gasteiger partial charge on any atom is 0.324 e. The number of aliphatic imine (C=N–C) groups is 1. The van der Waals surface area contributed by atoms with Gasteiger partial charge in [0.15, 0.2) is 5.96 Å². The maximum absolute atomic E-state index is 11.5. The fourth-order valence-corrected chi connectivity index (χ4v) is 2.51. The second-order valence-corrected chi connectivity index (χ2v) is 5.45. The second-order valence-electron chi connectivity index (χ2n) is 5.45. The predicted octanol–water partition coefficient (Wildman–Crippen LogP) is 0.963. The molecule has 9 heteroatoms. The molecule has 1 aromatic rings. The summed E-state index contributed by atoms with van der Waals surface area (Å²) in [6, 6.07) is 7.52. The van der Waals surface area contributed by atoms with Crippen molar-refractivity contribution in [3.05, 3.63) is 29.8 Å². The van der Waals surface area contributed by atoms with Crippen LogP contribution in [0.25, 0.3) is 0 Å². The number of halogens is 1. The summed E-state index contributed by atoms with van der Waals surface area (Å²) in [6.45, 7) is 4.13. The number of rotatable bonds is 8. The second kappa shape index (κ2) is 11.6. The normalized spacial score (nSPS) is 13.9. The number of nitrogens with one attached hydrogen (secondary N) is 3. The minimum absolute atomic E-state index is 0. The number of carbonyl (C=O) groups is 2. The van der Waals surface area contributed by atoms with Crippen LogP contribution in [0.1, 0.15) is 12.5 Å². The van der Waals surface area contributed by atoms with Gasteiger partial charge in [-0.25, -0.2) is 4.79 Å². The highest BCUT2D eigenvalue weighted by molar-refractivity contribution is 14.0. The minimum Gasteiger partial charge on any atom is -0.496 e. The van der Waals surface area contributed by atoms with Gasteiger partial charge in [-0.2, -0.15) is 0 Å². The topological polar surface area (TPSA) is 95.1 Å². The Bertz CT molecular complexity index is 623. The largest absolute Gasteiger partial charge is 0.496 e. The van der Waals surface area contributed by atoms with Gasteiger partial charge in [-0.05, 0) is 25.0 Å². The van der Waals surface area contributed by atoms with Crippen molar-refractivity contribution in [3.8, 4) is 5.75 Å². The fraction of sp³-hybridized carbons (Fsp3) is 0.471. The van der Waals surface area contributed by atoms with E-state index in [2.05, 4.69) is 20.9 Å². The molecule has 1 aromatic carbocycles. The summed E-state index contributed by atoms with van der Waals surface area (Å²) in [7, 11) is 1.66. The van der Waals surface area contributed by atoms with Crippen molar-refractivity contribution in [2.75, 3.05) is 39.8 Å². The molecule has 0 saturated carbocycles. The van der Waals surface area contributed by atoms with Crippen LogP contribution in [0, 0.1) is 0 Å². The molecular weight excluding hydrogens is 449 g/mol. The van der Waals surface area contributed by atoms with E-state index in [0.717, 1.165) is 24.3 Å². The number of para-hydroxylation sites is 1. The van der Waals surface area contributed by atoms with Crippen LogP contribution in [0.2, 0.25) is 0 Å².